The predicted molar refractivity (Wildman–Crippen MR) is 90.6 cm³/mol. The Kier molecular flexibility index (Phi) is 11.5. The molecule has 0 heterocycles. The van der Waals surface area contributed by atoms with Crippen molar-refractivity contribution in [1.82, 2.24) is 15.5 Å². The highest BCUT2D eigenvalue weighted by molar-refractivity contribution is 14.0. The van der Waals surface area contributed by atoms with E-state index < -0.39 is 0 Å². The van der Waals surface area contributed by atoms with Crippen LogP contribution in [0, 0.1) is 17.8 Å². The standard InChI is InChI=1S/C13H26N4.HI/c1-7-9-15-12(14-8-2)16-10-13(3,4)11-17(5)6;/h1H,8-11H2,2-6H3,(H2,14,15,16);1H. The van der Waals surface area contributed by atoms with Crippen LogP contribution < -0.4 is 10.6 Å². The van der Waals surface area contributed by atoms with Gasteiger partial charge >= 0.3 is 0 Å². The van der Waals surface area contributed by atoms with Crippen LogP contribution in [0.4, 0.5) is 0 Å². The zero-order chi connectivity index (χ0) is 13.3. The molecule has 0 fully saturated rings. The van der Waals surface area contributed by atoms with Crippen LogP contribution in [0.15, 0.2) is 4.99 Å². The number of guanidine groups is 1. The van der Waals surface area contributed by atoms with Crippen molar-refractivity contribution >= 4 is 29.9 Å². The second-order valence-corrected chi connectivity index (χ2v) is 5.15. The van der Waals surface area contributed by atoms with Crippen LogP contribution in [0.25, 0.3) is 0 Å². The van der Waals surface area contributed by atoms with Crippen molar-refractivity contribution in [3.05, 3.63) is 0 Å². The SMILES string of the molecule is C#CCNC(=NCC(C)(C)CN(C)C)NCC.I. The van der Waals surface area contributed by atoms with Crippen LogP contribution in [0.3, 0.4) is 0 Å². The van der Waals surface area contributed by atoms with Gasteiger partial charge in [-0.1, -0.05) is 19.8 Å². The maximum Gasteiger partial charge on any atom is 0.192 e. The topological polar surface area (TPSA) is 39.7 Å². The molecular formula is C13H27IN4. The number of terminal acetylenes is 1. The van der Waals surface area contributed by atoms with E-state index in [2.05, 4.69) is 54.4 Å². The molecule has 0 unspecified atom stereocenters. The first-order chi connectivity index (χ1) is 7.91. The number of nitrogens with zero attached hydrogens (tertiary/aromatic N) is 2. The molecule has 0 aliphatic heterocycles. The summed E-state index contributed by atoms with van der Waals surface area (Å²) in [5, 5.41) is 6.26. The Balaban J connectivity index is 0. The average Bonchev–Trinajstić information content (AvgIpc) is 2.20. The molecule has 0 aliphatic rings. The quantitative estimate of drug-likeness (QED) is 0.323. The molecule has 0 saturated carbocycles. The molecule has 2 N–H and O–H groups in total. The molecule has 0 aromatic carbocycles. The summed E-state index contributed by atoms with van der Waals surface area (Å²) in [4.78, 5) is 6.73. The summed E-state index contributed by atoms with van der Waals surface area (Å²) in [6.45, 7) is 9.57. The largest absolute Gasteiger partial charge is 0.357 e. The van der Waals surface area contributed by atoms with E-state index in [9.17, 15) is 0 Å². The van der Waals surface area contributed by atoms with E-state index in [1.165, 1.54) is 0 Å². The molecule has 0 rings (SSSR count). The minimum atomic E-state index is 0. The molecule has 0 atom stereocenters. The van der Waals surface area contributed by atoms with Crippen molar-refractivity contribution in [2.45, 2.75) is 20.8 Å². The Bertz CT molecular complexity index is 279. The van der Waals surface area contributed by atoms with Gasteiger partial charge in [-0.2, -0.15) is 0 Å². The summed E-state index contributed by atoms with van der Waals surface area (Å²) < 4.78 is 0. The lowest BCUT2D eigenvalue weighted by atomic mass is 9.93. The molecule has 18 heavy (non-hydrogen) atoms. The van der Waals surface area contributed by atoms with Gasteiger partial charge in [0.2, 0.25) is 0 Å². The molecular weight excluding hydrogens is 339 g/mol. The van der Waals surface area contributed by atoms with Crippen LogP contribution in [0.2, 0.25) is 0 Å². The van der Waals surface area contributed by atoms with E-state index in [-0.39, 0.29) is 29.4 Å². The van der Waals surface area contributed by atoms with E-state index in [1.54, 1.807) is 0 Å². The zero-order valence-corrected chi connectivity index (χ0v) is 14.5. The summed E-state index contributed by atoms with van der Waals surface area (Å²) >= 11 is 0. The molecule has 4 nitrogen and oxygen atoms in total. The number of hydrogen-bond donors (Lipinski definition) is 2. The number of rotatable bonds is 6. The minimum absolute atomic E-state index is 0. The van der Waals surface area contributed by atoms with Crippen LogP contribution in [-0.4, -0.2) is 51.1 Å². The first-order valence-electron chi connectivity index (χ1n) is 6.01. The molecule has 0 bridgehead atoms. The molecule has 0 aliphatic carbocycles. The second kappa shape index (κ2) is 10.4. The predicted octanol–water partition coefficient (Wildman–Crippen LogP) is 1.38. The average molecular weight is 366 g/mol. The molecule has 5 heteroatoms. The normalized spacial score (nSPS) is 11.7. The fourth-order valence-electron chi connectivity index (χ4n) is 1.68. The zero-order valence-electron chi connectivity index (χ0n) is 12.2. The third kappa shape index (κ3) is 10.7. The van der Waals surface area contributed by atoms with E-state index in [0.29, 0.717) is 6.54 Å². The number of nitrogens with one attached hydrogen (secondary N) is 2. The van der Waals surface area contributed by atoms with Crippen LogP contribution in [0.1, 0.15) is 20.8 Å². The van der Waals surface area contributed by atoms with E-state index in [0.717, 1.165) is 25.6 Å². The molecule has 106 valence electrons. The Labute approximate surface area is 129 Å². The summed E-state index contributed by atoms with van der Waals surface area (Å²) in [6.07, 6.45) is 5.22. The highest BCUT2D eigenvalue weighted by Crippen LogP contribution is 2.15. The smallest absolute Gasteiger partial charge is 0.192 e. The van der Waals surface area contributed by atoms with Gasteiger partial charge in [0.25, 0.3) is 0 Å². The Morgan fingerprint density at radius 3 is 2.39 bits per heavy atom. The van der Waals surface area contributed by atoms with Gasteiger partial charge in [-0.05, 0) is 26.4 Å². The number of hydrogen-bond acceptors (Lipinski definition) is 2. The van der Waals surface area contributed by atoms with Crippen molar-refractivity contribution in [2.75, 3.05) is 40.3 Å². The fourth-order valence-corrected chi connectivity index (χ4v) is 1.68. The van der Waals surface area contributed by atoms with Gasteiger partial charge in [0, 0.05) is 19.6 Å². The molecule has 0 saturated heterocycles. The summed E-state index contributed by atoms with van der Waals surface area (Å²) in [6, 6.07) is 0. The van der Waals surface area contributed by atoms with E-state index in [1.807, 2.05) is 6.92 Å². The Morgan fingerprint density at radius 2 is 1.94 bits per heavy atom. The third-order valence-electron chi connectivity index (χ3n) is 2.11. The highest BCUT2D eigenvalue weighted by atomic mass is 127. The summed E-state index contributed by atoms with van der Waals surface area (Å²) in [7, 11) is 4.15. The monoisotopic (exact) mass is 366 g/mol. The first kappa shape index (κ1) is 19.9. The van der Waals surface area contributed by atoms with Gasteiger partial charge in [-0.3, -0.25) is 4.99 Å². The number of halogens is 1. The lowest BCUT2D eigenvalue weighted by Crippen LogP contribution is -2.39. The maximum absolute atomic E-state index is 5.22. The lowest BCUT2D eigenvalue weighted by Gasteiger charge is -2.26. The maximum atomic E-state index is 5.22. The summed E-state index contributed by atoms with van der Waals surface area (Å²) in [5.74, 6) is 3.33. The van der Waals surface area contributed by atoms with Gasteiger partial charge in [0.1, 0.15) is 0 Å². The van der Waals surface area contributed by atoms with Gasteiger partial charge in [-0.25, -0.2) is 0 Å². The first-order valence-corrected chi connectivity index (χ1v) is 6.01. The Hall–Kier alpha value is -0.480. The lowest BCUT2D eigenvalue weighted by molar-refractivity contribution is 0.248. The second-order valence-electron chi connectivity index (χ2n) is 5.15. The van der Waals surface area contributed by atoms with Crippen LogP contribution in [-0.2, 0) is 0 Å². The van der Waals surface area contributed by atoms with E-state index in [4.69, 9.17) is 6.42 Å². The number of aliphatic imine (C=N–C) groups is 1. The highest BCUT2D eigenvalue weighted by Gasteiger charge is 2.18. The summed E-state index contributed by atoms with van der Waals surface area (Å²) in [5.41, 5.74) is 0.155. The molecule has 0 amide bonds. The van der Waals surface area contributed by atoms with Crippen LogP contribution in [0.5, 0.6) is 0 Å². The van der Waals surface area contributed by atoms with Crippen molar-refractivity contribution in [3.8, 4) is 12.3 Å². The van der Waals surface area contributed by atoms with E-state index >= 15 is 0 Å². The molecule has 0 aromatic heterocycles. The van der Waals surface area contributed by atoms with Gasteiger partial charge in [0.05, 0.1) is 6.54 Å². The Morgan fingerprint density at radius 1 is 1.33 bits per heavy atom. The molecule has 0 spiro atoms. The van der Waals surface area contributed by atoms with Crippen molar-refractivity contribution in [2.24, 2.45) is 10.4 Å². The van der Waals surface area contributed by atoms with Gasteiger partial charge < -0.3 is 15.5 Å². The van der Waals surface area contributed by atoms with Crippen molar-refractivity contribution in [1.29, 1.82) is 0 Å². The van der Waals surface area contributed by atoms with Crippen LogP contribution >= 0.6 is 24.0 Å². The van der Waals surface area contributed by atoms with Gasteiger partial charge in [-0.15, -0.1) is 30.4 Å². The third-order valence-corrected chi connectivity index (χ3v) is 2.11. The molecule has 0 aromatic rings. The van der Waals surface area contributed by atoms with Gasteiger partial charge in [0.15, 0.2) is 5.96 Å². The van der Waals surface area contributed by atoms with Crippen molar-refractivity contribution < 1.29 is 0 Å². The molecule has 0 radical (unpaired) electrons. The fraction of sp³-hybridized carbons (Fsp3) is 0.769. The van der Waals surface area contributed by atoms with Crippen molar-refractivity contribution in [3.63, 3.8) is 0 Å². The minimum Gasteiger partial charge on any atom is -0.357 e.